The minimum atomic E-state index is -4.98. The lowest BCUT2D eigenvalue weighted by Crippen LogP contribution is -2.51. The van der Waals surface area contributed by atoms with Crippen molar-refractivity contribution in [3.8, 4) is 0 Å². The van der Waals surface area contributed by atoms with Crippen molar-refractivity contribution in [3.05, 3.63) is 34.9 Å². The molecule has 0 radical (unpaired) electrons. The summed E-state index contributed by atoms with van der Waals surface area (Å²) in [4.78, 5) is 26.4. The number of likely N-dealkylation sites (tertiary alicyclic amines) is 1. The van der Waals surface area contributed by atoms with Gasteiger partial charge in [-0.25, -0.2) is 0 Å². The predicted octanol–water partition coefficient (Wildman–Crippen LogP) is 2.61. The Morgan fingerprint density at radius 3 is 2.65 bits per heavy atom. The Balaban J connectivity index is 2.05. The number of rotatable bonds is 5. The molecule has 0 spiro atoms. The Labute approximate surface area is 155 Å². The molecule has 5 nitrogen and oxygen atoms in total. The summed E-state index contributed by atoms with van der Waals surface area (Å²) in [6, 6.07) is 5.86. The zero-order valence-corrected chi connectivity index (χ0v) is 15.3. The van der Waals surface area contributed by atoms with E-state index in [2.05, 4.69) is 5.32 Å². The second-order valence-corrected chi connectivity index (χ2v) is 6.87. The molecule has 1 N–H and O–H groups in total. The topological polar surface area (TPSA) is 52.7 Å². The van der Waals surface area contributed by atoms with Crippen LogP contribution in [-0.4, -0.2) is 61.0 Å². The molecule has 2 rings (SSSR count). The molecular weight excluding hydrogens is 371 g/mol. The number of likely N-dealkylation sites (N-methyl/N-ethyl adjacent to an activating group) is 1. The van der Waals surface area contributed by atoms with Gasteiger partial charge >= 0.3 is 12.1 Å². The van der Waals surface area contributed by atoms with Gasteiger partial charge in [0.2, 0.25) is 5.91 Å². The van der Waals surface area contributed by atoms with Crippen LogP contribution in [0.1, 0.15) is 24.4 Å². The predicted molar refractivity (Wildman–Crippen MR) is 91.7 cm³/mol. The van der Waals surface area contributed by atoms with E-state index in [1.165, 1.54) is 0 Å². The summed E-state index contributed by atoms with van der Waals surface area (Å²) >= 11 is 6.00. The number of carbonyl (C=O) groups is 2. The molecule has 9 heteroatoms. The van der Waals surface area contributed by atoms with Crippen molar-refractivity contribution >= 4 is 23.4 Å². The van der Waals surface area contributed by atoms with Gasteiger partial charge < -0.3 is 15.1 Å². The average Bonchev–Trinajstić information content (AvgIpc) is 3.02. The maximum Gasteiger partial charge on any atom is 0.471 e. The van der Waals surface area contributed by atoms with Crippen molar-refractivity contribution < 1.29 is 22.8 Å². The summed E-state index contributed by atoms with van der Waals surface area (Å²) in [5, 5.41) is 3.23. The van der Waals surface area contributed by atoms with E-state index < -0.39 is 24.0 Å². The zero-order valence-electron chi connectivity index (χ0n) is 14.5. The molecular formula is C17H21ClF3N3O2. The Morgan fingerprint density at radius 2 is 2.08 bits per heavy atom. The number of hydrogen-bond donors (Lipinski definition) is 1. The third-order valence-corrected chi connectivity index (χ3v) is 4.62. The number of benzene rings is 1. The SMILES string of the molecule is CN(C)C(CNC(=O)C1CCCN1C(=O)C(F)(F)F)c1cccc(Cl)c1. The smallest absolute Gasteiger partial charge is 0.352 e. The Hall–Kier alpha value is -1.80. The van der Waals surface area contributed by atoms with E-state index >= 15 is 0 Å². The van der Waals surface area contributed by atoms with Gasteiger partial charge in [0, 0.05) is 18.1 Å². The van der Waals surface area contributed by atoms with Crippen LogP contribution in [0.5, 0.6) is 0 Å². The number of hydrogen-bond acceptors (Lipinski definition) is 3. The van der Waals surface area contributed by atoms with Gasteiger partial charge in [-0.3, -0.25) is 9.59 Å². The van der Waals surface area contributed by atoms with E-state index in [0.29, 0.717) is 16.3 Å². The molecule has 0 bridgehead atoms. The van der Waals surface area contributed by atoms with E-state index in [1.54, 1.807) is 18.2 Å². The standard InChI is InChI=1S/C17H21ClF3N3O2/c1-23(2)14(11-5-3-6-12(18)9-11)10-22-15(25)13-7-4-8-24(13)16(26)17(19,20)21/h3,5-6,9,13-14H,4,7-8,10H2,1-2H3,(H,22,25). The largest absolute Gasteiger partial charge is 0.471 e. The Morgan fingerprint density at radius 1 is 1.38 bits per heavy atom. The molecule has 2 amide bonds. The minimum Gasteiger partial charge on any atom is -0.352 e. The van der Waals surface area contributed by atoms with Crippen LogP contribution in [0.25, 0.3) is 0 Å². The van der Waals surface area contributed by atoms with E-state index in [9.17, 15) is 22.8 Å². The Kier molecular flexibility index (Phi) is 6.52. The van der Waals surface area contributed by atoms with Crippen molar-refractivity contribution in [2.75, 3.05) is 27.2 Å². The quantitative estimate of drug-likeness (QED) is 0.839. The first-order valence-corrected chi connectivity index (χ1v) is 8.56. The number of nitrogens with zero attached hydrogens (tertiary/aromatic N) is 2. The number of alkyl halides is 3. The molecule has 26 heavy (non-hydrogen) atoms. The lowest BCUT2D eigenvalue weighted by atomic mass is 10.1. The lowest BCUT2D eigenvalue weighted by molar-refractivity contribution is -0.186. The number of carbonyl (C=O) groups excluding carboxylic acids is 2. The first-order valence-electron chi connectivity index (χ1n) is 8.18. The molecule has 0 saturated carbocycles. The van der Waals surface area contributed by atoms with Gasteiger partial charge in [-0.2, -0.15) is 13.2 Å². The van der Waals surface area contributed by atoms with E-state index in [0.717, 1.165) is 5.56 Å². The number of nitrogens with one attached hydrogen (secondary N) is 1. The summed E-state index contributed by atoms with van der Waals surface area (Å²) < 4.78 is 38.0. The highest BCUT2D eigenvalue weighted by atomic mass is 35.5. The molecule has 2 atom stereocenters. The molecule has 1 aliphatic heterocycles. The second-order valence-electron chi connectivity index (χ2n) is 6.43. The zero-order chi connectivity index (χ0) is 19.5. The van der Waals surface area contributed by atoms with Crippen LogP contribution in [0.3, 0.4) is 0 Å². The molecule has 144 valence electrons. The van der Waals surface area contributed by atoms with E-state index in [1.807, 2.05) is 25.1 Å². The third kappa shape index (κ3) is 4.88. The van der Waals surface area contributed by atoms with Crippen molar-refractivity contribution in [1.29, 1.82) is 0 Å². The third-order valence-electron chi connectivity index (χ3n) is 4.39. The van der Waals surface area contributed by atoms with Crippen LogP contribution in [0.4, 0.5) is 13.2 Å². The van der Waals surface area contributed by atoms with Gasteiger partial charge in [0.05, 0.1) is 6.04 Å². The maximum absolute atomic E-state index is 12.7. The highest BCUT2D eigenvalue weighted by Gasteiger charge is 2.47. The molecule has 1 saturated heterocycles. The van der Waals surface area contributed by atoms with E-state index in [4.69, 9.17) is 11.6 Å². The summed E-state index contributed by atoms with van der Waals surface area (Å²) in [5.74, 6) is -2.54. The highest BCUT2D eigenvalue weighted by Crippen LogP contribution is 2.26. The fourth-order valence-electron chi connectivity index (χ4n) is 3.07. The number of halogens is 4. The average molecular weight is 392 g/mol. The normalized spacial score (nSPS) is 18.9. The van der Waals surface area contributed by atoms with Gasteiger partial charge in [0.15, 0.2) is 0 Å². The Bertz CT molecular complexity index is 667. The number of amides is 2. The summed E-state index contributed by atoms with van der Waals surface area (Å²) in [6.07, 6.45) is -4.39. The molecule has 1 aliphatic rings. The molecule has 0 aromatic heterocycles. The molecule has 1 aromatic carbocycles. The minimum absolute atomic E-state index is 0.0676. The molecule has 0 aliphatic carbocycles. The van der Waals surface area contributed by atoms with Crippen LogP contribution >= 0.6 is 11.6 Å². The van der Waals surface area contributed by atoms with Crippen LogP contribution < -0.4 is 5.32 Å². The summed E-state index contributed by atoms with van der Waals surface area (Å²) in [6.45, 7) is 0.124. The van der Waals surface area contributed by atoms with Crippen molar-refractivity contribution in [1.82, 2.24) is 15.1 Å². The van der Waals surface area contributed by atoms with Crippen molar-refractivity contribution in [2.24, 2.45) is 0 Å². The van der Waals surface area contributed by atoms with Crippen LogP contribution in [0.15, 0.2) is 24.3 Å². The molecule has 1 aromatic rings. The van der Waals surface area contributed by atoms with E-state index in [-0.39, 0.29) is 25.6 Å². The monoisotopic (exact) mass is 391 g/mol. The van der Waals surface area contributed by atoms with Crippen LogP contribution in [0.2, 0.25) is 5.02 Å². The maximum atomic E-state index is 12.7. The fourth-order valence-corrected chi connectivity index (χ4v) is 3.27. The van der Waals surface area contributed by atoms with Crippen molar-refractivity contribution in [2.45, 2.75) is 31.1 Å². The van der Waals surface area contributed by atoms with Gasteiger partial charge in [-0.15, -0.1) is 0 Å². The second kappa shape index (κ2) is 8.26. The van der Waals surface area contributed by atoms with Gasteiger partial charge in [-0.05, 0) is 44.6 Å². The van der Waals surface area contributed by atoms with Gasteiger partial charge in [0.25, 0.3) is 0 Å². The van der Waals surface area contributed by atoms with Gasteiger partial charge in [0.1, 0.15) is 6.04 Å². The highest BCUT2D eigenvalue weighted by molar-refractivity contribution is 6.30. The summed E-state index contributed by atoms with van der Waals surface area (Å²) in [7, 11) is 3.65. The molecule has 1 fully saturated rings. The summed E-state index contributed by atoms with van der Waals surface area (Å²) in [5.41, 5.74) is 0.873. The lowest BCUT2D eigenvalue weighted by Gasteiger charge is -2.28. The van der Waals surface area contributed by atoms with Crippen LogP contribution in [0, 0.1) is 0 Å². The first kappa shape index (κ1) is 20.5. The van der Waals surface area contributed by atoms with Crippen molar-refractivity contribution in [3.63, 3.8) is 0 Å². The first-order chi connectivity index (χ1) is 12.1. The van der Waals surface area contributed by atoms with Crippen LogP contribution in [-0.2, 0) is 9.59 Å². The molecule has 1 heterocycles. The fraction of sp³-hybridized carbons (Fsp3) is 0.529. The van der Waals surface area contributed by atoms with Gasteiger partial charge in [-0.1, -0.05) is 23.7 Å². The molecule has 2 unspecified atom stereocenters.